The second-order valence-corrected chi connectivity index (χ2v) is 7.56. The van der Waals surface area contributed by atoms with Crippen LogP contribution in [0, 0.1) is 0 Å². The minimum atomic E-state index is -0.453. The van der Waals surface area contributed by atoms with Gasteiger partial charge in [-0.25, -0.2) is 10.2 Å². The first-order valence-corrected chi connectivity index (χ1v) is 10.3. The Morgan fingerprint density at radius 1 is 1.03 bits per heavy atom. The van der Waals surface area contributed by atoms with Crippen LogP contribution in [0.25, 0.3) is 17.2 Å². The Balaban J connectivity index is 1.74. The van der Waals surface area contributed by atoms with Gasteiger partial charge < -0.3 is 0 Å². The van der Waals surface area contributed by atoms with Crippen molar-refractivity contribution in [3.63, 3.8) is 0 Å². The van der Waals surface area contributed by atoms with Crippen LogP contribution in [0.4, 0.5) is 5.95 Å². The summed E-state index contributed by atoms with van der Waals surface area (Å²) >= 11 is 6.34. The number of halogens is 1. The predicted octanol–water partition coefficient (Wildman–Crippen LogP) is 3.25. The van der Waals surface area contributed by atoms with Gasteiger partial charge in [-0.3, -0.25) is 18.5 Å². The van der Waals surface area contributed by atoms with Gasteiger partial charge in [0.15, 0.2) is 11.2 Å². The fraction of sp³-hybridized carbons (Fsp3) is 0.130. The third-order valence-electron chi connectivity index (χ3n) is 5.05. The largest absolute Gasteiger partial charge is 0.332 e. The molecule has 0 amide bonds. The van der Waals surface area contributed by atoms with E-state index in [2.05, 4.69) is 15.5 Å². The predicted molar refractivity (Wildman–Crippen MR) is 128 cm³/mol. The number of imidazole rings is 1. The summed E-state index contributed by atoms with van der Waals surface area (Å²) in [5.41, 5.74) is 4.39. The molecule has 0 saturated heterocycles. The van der Waals surface area contributed by atoms with Gasteiger partial charge in [0.1, 0.15) is 0 Å². The fourth-order valence-corrected chi connectivity index (χ4v) is 3.53. The molecule has 4 rings (SSSR count). The molecular weight excluding hydrogens is 428 g/mol. The lowest BCUT2D eigenvalue weighted by molar-refractivity contribution is 0.702. The van der Waals surface area contributed by atoms with E-state index in [4.69, 9.17) is 11.6 Å². The number of nitrogens with zero attached hydrogens (tertiary/aromatic N) is 5. The zero-order valence-electron chi connectivity index (χ0n) is 17.6. The van der Waals surface area contributed by atoms with Gasteiger partial charge >= 0.3 is 5.69 Å². The normalized spacial score (nSPS) is 11.7. The standard InChI is InChI=1S/C23H21ClN6O2/c1-28-20-19(21(31)29(2)23(28)32)30(15-17-12-6-7-13-18(17)24)22(26-20)27-25-14-8-11-16-9-4-3-5-10-16/h3-14H,15H2,1-2H3,(H,26,27)/b11-8+,25-14-. The van der Waals surface area contributed by atoms with E-state index in [9.17, 15) is 9.59 Å². The van der Waals surface area contributed by atoms with Crippen molar-refractivity contribution in [1.29, 1.82) is 0 Å². The lowest BCUT2D eigenvalue weighted by atomic mass is 10.2. The maximum Gasteiger partial charge on any atom is 0.332 e. The number of benzene rings is 2. The number of hydrogen-bond acceptors (Lipinski definition) is 5. The van der Waals surface area contributed by atoms with Crippen LogP contribution in [-0.2, 0) is 20.6 Å². The molecule has 0 aliphatic carbocycles. The SMILES string of the molecule is Cn1c(=O)c2c(nc(N/N=C\C=C\c3ccccc3)n2Cc2ccccc2Cl)n(C)c1=O. The Morgan fingerprint density at radius 2 is 1.75 bits per heavy atom. The fourth-order valence-electron chi connectivity index (χ4n) is 3.34. The van der Waals surface area contributed by atoms with E-state index < -0.39 is 11.2 Å². The monoisotopic (exact) mass is 448 g/mol. The van der Waals surface area contributed by atoms with Gasteiger partial charge in [-0.15, -0.1) is 0 Å². The van der Waals surface area contributed by atoms with Gasteiger partial charge in [0.2, 0.25) is 5.95 Å². The number of allylic oxidation sites excluding steroid dienone is 1. The van der Waals surface area contributed by atoms with Crippen LogP contribution in [0.1, 0.15) is 11.1 Å². The van der Waals surface area contributed by atoms with Gasteiger partial charge in [-0.1, -0.05) is 66.2 Å². The summed E-state index contributed by atoms with van der Waals surface area (Å²) in [5, 5.41) is 4.77. The zero-order chi connectivity index (χ0) is 22.7. The third kappa shape index (κ3) is 4.13. The highest BCUT2D eigenvalue weighted by Crippen LogP contribution is 2.22. The number of aryl methyl sites for hydroxylation is 1. The van der Waals surface area contributed by atoms with Crippen LogP contribution in [0.5, 0.6) is 0 Å². The number of aromatic nitrogens is 4. The molecule has 2 heterocycles. The second kappa shape index (κ2) is 9.07. The molecule has 0 atom stereocenters. The molecule has 0 spiro atoms. The van der Waals surface area contributed by atoms with Crippen LogP contribution in [0.15, 0.2) is 75.4 Å². The maximum absolute atomic E-state index is 12.9. The molecule has 0 saturated carbocycles. The maximum atomic E-state index is 12.9. The lowest BCUT2D eigenvalue weighted by Crippen LogP contribution is -2.37. The highest BCUT2D eigenvalue weighted by atomic mass is 35.5. The minimum Gasteiger partial charge on any atom is -0.298 e. The first-order valence-electron chi connectivity index (χ1n) is 9.88. The van der Waals surface area contributed by atoms with Crippen LogP contribution < -0.4 is 16.7 Å². The number of anilines is 1. The Hall–Kier alpha value is -3.91. The molecule has 0 aliphatic rings. The topological polar surface area (TPSA) is 86.2 Å². The molecule has 4 aromatic rings. The van der Waals surface area contributed by atoms with Crippen LogP contribution >= 0.6 is 11.6 Å². The van der Waals surface area contributed by atoms with Gasteiger partial charge in [-0.05, 0) is 23.3 Å². The summed E-state index contributed by atoms with van der Waals surface area (Å²) < 4.78 is 4.07. The molecule has 1 N–H and O–H groups in total. The van der Waals surface area contributed by atoms with Gasteiger partial charge in [-0.2, -0.15) is 10.1 Å². The average molecular weight is 449 g/mol. The molecule has 8 nitrogen and oxygen atoms in total. The highest BCUT2D eigenvalue weighted by Gasteiger charge is 2.19. The molecule has 2 aromatic carbocycles. The van der Waals surface area contributed by atoms with Crippen molar-refractivity contribution in [2.45, 2.75) is 6.54 Å². The van der Waals surface area contributed by atoms with Gasteiger partial charge in [0.25, 0.3) is 5.56 Å². The van der Waals surface area contributed by atoms with Crippen LogP contribution in [0.2, 0.25) is 5.02 Å². The first kappa shape index (κ1) is 21.3. The Morgan fingerprint density at radius 3 is 2.50 bits per heavy atom. The van der Waals surface area contributed by atoms with E-state index in [1.165, 1.54) is 11.6 Å². The lowest BCUT2D eigenvalue weighted by Gasteiger charge is -2.10. The molecule has 0 aliphatic heterocycles. The third-order valence-corrected chi connectivity index (χ3v) is 5.42. The molecule has 0 radical (unpaired) electrons. The summed E-state index contributed by atoms with van der Waals surface area (Å²) in [6, 6.07) is 17.2. The average Bonchev–Trinajstić information content (AvgIpc) is 3.16. The Bertz CT molecular complexity index is 1450. The van der Waals surface area contributed by atoms with E-state index in [1.807, 2.05) is 54.6 Å². The van der Waals surface area contributed by atoms with Crippen molar-refractivity contribution in [3.05, 3.63) is 97.7 Å². The van der Waals surface area contributed by atoms with Gasteiger partial charge in [0.05, 0.1) is 6.54 Å². The molecular formula is C23H21ClN6O2. The number of rotatable bonds is 6. The quantitative estimate of drug-likeness (QED) is 0.362. The zero-order valence-corrected chi connectivity index (χ0v) is 18.3. The smallest absolute Gasteiger partial charge is 0.298 e. The molecule has 162 valence electrons. The second-order valence-electron chi connectivity index (χ2n) is 7.15. The molecule has 32 heavy (non-hydrogen) atoms. The summed E-state index contributed by atoms with van der Waals surface area (Å²) in [6.07, 6.45) is 5.29. The highest BCUT2D eigenvalue weighted by molar-refractivity contribution is 6.31. The molecule has 9 heteroatoms. The Kier molecular flexibility index (Phi) is 6.04. The summed E-state index contributed by atoms with van der Waals surface area (Å²) in [6.45, 7) is 0.279. The van der Waals surface area contributed by atoms with Crippen molar-refractivity contribution in [1.82, 2.24) is 18.7 Å². The molecule has 0 fully saturated rings. The van der Waals surface area contributed by atoms with E-state index >= 15 is 0 Å². The number of hydrogen-bond donors (Lipinski definition) is 1. The van der Waals surface area contributed by atoms with Crippen molar-refractivity contribution < 1.29 is 0 Å². The summed E-state index contributed by atoms with van der Waals surface area (Å²) in [7, 11) is 3.02. The molecule has 0 unspecified atom stereocenters. The summed E-state index contributed by atoms with van der Waals surface area (Å²) in [4.78, 5) is 29.8. The van der Waals surface area contributed by atoms with Crippen molar-refractivity contribution in [3.8, 4) is 0 Å². The minimum absolute atomic E-state index is 0.266. The van der Waals surface area contributed by atoms with E-state index in [0.29, 0.717) is 11.0 Å². The van der Waals surface area contributed by atoms with E-state index in [-0.39, 0.29) is 17.7 Å². The van der Waals surface area contributed by atoms with Crippen molar-refractivity contribution in [2.24, 2.45) is 19.2 Å². The summed E-state index contributed by atoms with van der Waals surface area (Å²) in [5.74, 6) is 0.322. The van der Waals surface area contributed by atoms with E-state index in [0.717, 1.165) is 15.7 Å². The van der Waals surface area contributed by atoms with Crippen molar-refractivity contribution in [2.75, 3.05) is 5.43 Å². The number of nitrogens with one attached hydrogen (secondary N) is 1. The van der Waals surface area contributed by atoms with Crippen molar-refractivity contribution >= 4 is 41.0 Å². The first-order chi connectivity index (χ1) is 15.5. The Labute approximate surface area is 188 Å². The van der Waals surface area contributed by atoms with Crippen LogP contribution in [0.3, 0.4) is 0 Å². The number of hydrazone groups is 1. The molecule has 2 aromatic heterocycles. The number of fused-ring (bicyclic) bond motifs is 1. The van der Waals surface area contributed by atoms with Crippen LogP contribution in [-0.4, -0.2) is 24.9 Å². The van der Waals surface area contributed by atoms with Gasteiger partial charge in [0, 0.05) is 25.3 Å². The molecule has 0 bridgehead atoms. The van der Waals surface area contributed by atoms with E-state index in [1.54, 1.807) is 30.0 Å².